The normalized spacial score (nSPS) is 14.5. The largest absolute Gasteiger partial charge is 0.489 e. The minimum Gasteiger partial charge on any atom is -0.489 e. The molecule has 0 radical (unpaired) electrons. The SMILES string of the molecule is CNc1cc(C)nc(Nc2cc(OCCCN3CCCC3)c3nncn3c2)n1. The molecule has 0 amide bonds. The summed E-state index contributed by atoms with van der Waals surface area (Å²) in [5, 5.41) is 14.5. The van der Waals surface area contributed by atoms with Crippen LogP contribution in [0, 0.1) is 6.92 Å². The van der Waals surface area contributed by atoms with E-state index in [0.717, 1.165) is 30.2 Å². The highest BCUT2D eigenvalue weighted by molar-refractivity contribution is 5.64. The van der Waals surface area contributed by atoms with E-state index in [0.29, 0.717) is 24.0 Å². The number of ether oxygens (including phenoxy) is 1. The van der Waals surface area contributed by atoms with Gasteiger partial charge in [0.25, 0.3) is 0 Å². The van der Waals surface area contributed by atoms with Crippen molar-refractivity contribution in [2.45, 2.75) is 26.2 Å². The molecule has 0 aromatic carbocycles. The molecule has 3 aromatic heterocycles. The van der Waals surface area contributed by atoms with Crippen molar-refractivity contribution < 1.29 is 4.74 Å². The van der Waals surface area contributed by atoms with Crippen LogP contribution < -0.4 is 15.4 Å². The van der Waals surface area contributed by atoms with Crippen LogP contribution in [-0.4, -0.2) is 62.8 Å². The van der Waals surface area contributed by atoms with Crippen LogP contribution in [-0.2, 0) is 0 Å². The van der Waals surface area contributed by atoms with E-state index in [-0.39, 0.29) is 0 Å². The Morgan fingerprint density at radius 1 is 1.18 bits per heavy atom. The van der Waals surface area contributed by atoms with Crippen LogP contribution in [0.15, 0.2) is 24.7 Å². The lowest BCUT2D eigenvalue weighted by atomic mass is 10.3. The predicted octanol–water partition coefficient (Wildman–Crippen LogP) is 2.48. The molecule has 4 rings (SSSR count). The van der Waals surface area contributed by atoms with E-state index in [2.05, 4.69) is 35.7 Å². The predicted molar refractivity (Wildman–Crippen MR) is 108 cm³/mol. The highest BCUT2D eigenvalue weighted by Crippen LogP contribution is 2.25. The lowest BCUT2D eigenvalue weighted by Crippen LogP contribution is -2.22. The molecule has 4 heterocycles. The minimum atomic E-state index is 0.525. The Kier molecular flexibility index (Phi) is 5.52. The Morgan fingerprint density at radius 3 is 2.86 bits per heavy atom. The molecule has 148 valence electrons. The number of aryl methyl sites for hydroxylation is 1. The number of hydrogen-bond acceptors (Lipinski definition) is 8. The molecule has 3 aromatic rings. The molecular weight excluding hydrogens is 356 g/mol. The van der Waals surface area contributed by atoms with Crippen LogP contribution in [0.25, 0.3) is 5.65 Å². The molecule has 1 fully saturated rings. The van der Waals surface area contributed by atoms with Gasteiger partial charge in [0, 0.05) is 37.6 Å². The molecule has 9 nitrogen and oxygen atoms in total. The van der Waals surface area contributed by atoms with Gasteiger partial charge in [-0.25, -0.2) is 4.98 Å². The van der Waals surface area contributed by atoms with Crippen molar-refractivity contribution in [3.63, 3.8) is 0 Å². The summed E-state index contributed by atoms with van der Waals surface area (Å²) in [4.78, 5) is 11.4. The maximum absolute atomic E-state index is 6.04. The third-order valence-electron chi connectivity index (χ3n) is 4.80. The maximum atomic E-state index is 6.04. The number of nitrogens with one attached hydrogen (secondary N) is 2. The number of hydrogen-bond donors (Lipinski definition) is 2. The first-order valence-corrected chi connectivity index (χ1v) is 9.70. The molecular formula is C19H26N8O. The molecule has 2 N–H and O–H groups in total. The Labute approximate surface area is 164 Å². The van der Waals surface area contributed by atoms with Crippen LogP contribution in [0.1, 0.15) is 25.0 Å². The summed E-state index contributed by atoms with van der Waals surface area (Å²) in [6, 6.07) is 3.81. The zero-order valence-electron chi connectivity index (χ0n) is 16.4. The van der Waals surface area contributed by atoms with Crippen molar-refractivity contribution in [2.24, 2.45) is 0 Å². The molecule has 1 saturated heterocycles. The van der Waals surface area contributed by atoms with E-state index in [1.807, 2.05) is 36.7 Å². The average Bonchev–Trinajstić information content (AvgIpc) is 3.36. The Balaban J connectivity index is 1.47. The van der Waals surface area contributed by atoms with Crippen molar-refractivity contribution in [1.82, 2.24) is 29.5 Å². The molecule has 0 atom stereocenters. The zero-order chi connectivity index (χ0) is 19.3. The van der Waals surface area contributed by atoms with Crippen molar-refractivity contribution in [3.05, 3.63) is 30.4 Å². The molecule has 0 spiro atoms. The smallest absolute Gasteiger partial charge is 0.229 e. The standard InChI is InChI=1S/C19H26N8O/c1-14-10-17(20-2)24-19(22-14)23-15-11-16(18-25-21-13-27(18)12-15)28-9-5-8-26-6-3-4-7-26/h10-13H,3-9H2,1-2H3,(H2,20,22,23,24). The van der Waals surface area contributed by atoms with Gasteiger partial charge in [0.1, 0.15) is 12.1 Å². The van der Waals surface area contributed by atoms with Crippen LogP contribution in [0.5, 0.6) is 5.75 Å². The van der Waals surface area contributed by atoms with Gasteiger partial charge in [0.05, 0.1) is 12.3 Å². The Morgan fingerprint density at radius 2 is 2.04 bits per heavy atom. The van der Waals surface area contributed by atoms with Gasteiger partial charge in [0.2, 0.25) is 11.6 Å². The molecule has 28 heavy (non-hydrogen) atoms. The summed E-state index contributed by atoms with van der Waals surface area (Å²) < 4.78 is 7.88. The van der Waals surface area contributed by atoms with Gasteiger partial charge >= 0.3 is 0 Å². The summed E-state index contributed by atoms with van der Waals surface area (Å²) in [6.07, 6.45) is 7.17. The molecule has 0 bridgehead atoms. The Hall–Kier alpha value is -2.94. The lowest BCUT2D eigenvalue weighted by Gasteiger charge is -2.15. The Bertz CT molecular complexity index is 935. The zero-order valence-corrected chi connectivity index (χ0v) is 16.4. The quantitative estimate of drug-likeness (QED) is 0.574. The van der Waals surface area contributed by atoms with Crippen LogP contribution in [0.2, 0.25) is 0 Å². The fourth-order valence-electron chi connectivity index (χ4n) is 3.44. The summed E-state index contributed by atoms with van der Waals surface area (Å²) in [5.41, 5.74) is 2.40. The maximum Gasteiger partial charge on any atom is 0.229 e. The van der Waals surface area contributed by atoms with E-state index >= 15 is 0 Å². The lowest BCUT2D eigenvalue weighted by molar-refractivity contribution is 0.264. The fourth-order valence-corrected chi connectivity index (χ4v) is 3.44. The van der Waals surface area contributed by atoms with E-state index in [1.54, 1.807) is 6.33 Å². The van der Waals surface area contributed by atoms with E-state index in [1.165, 1.54) is 25.9 Å². The summed E-state index contributed by atoms with van der Waals surface area (Å²) in [5.74, 6) is 1.99. The second kappa shape index (κ2) is 8.39. The first kappa shape index (κ1) is 18.4. The van der Waals surface area contributed by atoms with Crippen molar-refractivity contribution in [1.29, 1.82) is 0 Å². The van der Waals surface area contributed by atoms with Crippen LogP contribution in [0.3, 0.4) is 0 Å². The third-order valence-corrected chi connectivity index (χ3v) is 4.80. The second-order valence-electron chi connectivity index (χ2n) is 7.00. The summed E-state index contributed by atoms with van der Waals surface area (Å²) in [7, 11) is 1.84. The highest BCUT2D eigenvalue weighted by atomic mass is 16.5. The van der Waals surface area contributed by atoms with Crippen molar-refractivity contribution in [3.8, 4) is 5.75 Å². The van der Waals surface area contributed by atoms with E-state index < -0.39 is 0 Å². The van der Waals surface area contributed by atoms with Gasteiger partial charge in [0.15, 0.2) is 5.75 Å². The fraction of sp³-hybridized carbons (Fsp3) is 0.474. The van der Waals surface area contributed by atoms with Crippen molar-refractivity contribution >= 4 is 23.1 Å². The molecule has 0 aliphatic carbocycles. The summed E-state index contributed by atoms with van der Waals surface area (Å²) >= 11 is 0. The summed E-state index contributed by atoms with van der Waals surface area (Å²) in [6.45, 7) is 6.07. The first-order chi connectivity index (χ1) is 13.7. The van der Waals surface area contributed by atoms with Gasteiger partial charge in [-0.1, -0.05) is 0 Å². The van der Waals surface area contributed by atoms with Gasteiger partial charge in [-0.3, -0.25) is 4.40 Å². The monoisotopic (exact) mass is 382 g/mol. The third kappa shape index (κ3) is 4.30. The molecule has 0 saturated carbocycles. The minimum absolute atomic E-state index is 0.525. The number of likely N-dealkylation sites (tertiary alicyclic amines) is 1. The molecule has 0 unspecified atom stereocenters. The topological polar surface area (TPSA) is 92.5 Å². The van der Waals surface area contributed by atoms with E-state index in [9.17, 15) is 0 Å². The van der Waals surface area contributed by atoms with Crippen molar-refractivity contribution in [2.75, 3.05) is 43.9 Å². The molecule has 1 aliphatic heterocycles. The van der Waals surface area contributed by atoms with E-state index in [4.69, 9.17) is 4.74 Å². The van der Waals surface area contributed by atoms with Gasteiger partial charge in [-0.05, 0) is 39.3 Å². The average molecular weight is 382 g/mol. The second-order valence-corrected chi connectivity index (χ2v) is 7.00. The first-order valence-electron chi connectivity index (χ1n) is 9.70. The molecule has 1 aliphatic rings. The number of anilines is 3. The number of nitrogens with zero attached hydrogens (tertiary/aromatic N) is 6. The van der Waals surface area contributed by atoms with Crippen LogP contribution in [0.4, 0.5) is 17.5 Å². The van der Waals surface area contributed by atoms with Gasteiger partial charge in [-0.2, -0.15) is 4.98 Å². The van der Waals surface area contributed by atoms with Gasteiger partial charge < -0.3 is 20.3 Å². The number of pyridine rings is 1. The van der Waals surface area contributed by atoms with Crippen LogP contribution >= 0.6 is 0 Å². The number of rotatable bonds is 8. The highest BCUT2D eigenvalue weighted by Gasteiger charge is 2.12. The molecule has 9 heteroatoms. The number of fused-ring (bicyclic) bond motifs is 1. The van der Waals surface area contributed by atoms with Gasteiger partial charge in [-0.15, -0.1) is 10.2 Å². The number of aromatic nitrogens is 5.